The van der Waals surface area contributed by atoms with Gasteiger partial charge in [0.05, 0.1) is 6.07 Å². The number of hydrogen-bond donors (Lipinski definition) is 0. The van der Waals surface area contributed by atoms with Gasteiger partial charge in [-0.1, -0.05) is 26.7 Å². The van der Waals surface area contributed by atoms with Gasteiger partial charge in [-0.15, -0.1) is 0 Å². The van der Waals surface area contributed by atoms with Crippen LogP contribution in [0.3, 0.4) is 0 Å². The van der Waals surface area contributed by atoms with Gasteiger partial charge in [0.2, 0.25) is 0 Å². The highest BCUT2D eigenvalue weighted by molar-refractivity contribution is 5.18. The van der Waals surface area contributed by atoms with Gasteiger partial charge >= 0.3 is 0 Å². The molecule has 0 aromatic rings. The fraction of sp³-hybridized carbons (Fsp3) is 0.923. The third-order valence-electron chi connectivity index (χ3n) is 4.54. The minimum atomic E-state index is -0.165. The summed E-state index contributed by atoms with van der Waals surface area (Å²) in [4.78, 5) is 2.46. The van der Waals surface area contributed by atoms with E-state index >= 15 is 0 Å². The zero-order valence-corrected chi connectivity index (χ0v) is 10.1. The molecule has 0 amide bonds. The first-order chi connectivity index (χ1) is 7.12. The Morgan fingerprint density at radius 3 is 2.13 bits per heavy atom. The number of likely N-dealkylation sites (tertiary alicyclic amines) is 1. The average Bonchev–Trinajstić information content (AvgIpc) is 2.71. The summed E-state index contributed by atoms with van der Waals surface area (Å²) in [7, 11) is 0. The maximum absolute atomic E-state index is 9.65. The highest BCUT2D eigenvalue weighted by atomic mass is 15.2. The van der Waals surface area contributed by atoms with Crippen molar-refractivity contribution in [1.82, 2.24) is 4.90 Å². The third-order valence-corrected chi connectivity index (χ3v) is 4.54. The van der Waals surface area contributed by atoms with E-state index in [-0.39, 0.29) is 11.0 Å². The van der Waals surface area contributed by atoms with Gasteiger partial charge < -0.3 is 0 Å². The molecule has 2 fully saturated rings. The van der Waals surface area contributed by atoms with Crippen LogP contribution >= 0.6 is 0 Å². The van der Waals surface area contributed by atoms with Crippen molar-refractivity contribution in [2.45, 2.75) is 57.9 Å². The van der Waals surface area contributed by atoms with Crippen molar-refractivity contribution < 1.29 is 0 Å². The van der Waals surface area contributed by atoms with E-state index in [1.54, 1.807) is 0 Å². The lowest BCUT2D eigenvalue weighted by molar-refractivity contribution is 0.00762. The van der Waals surface area contributed by atoms with E-state index in [4.69, 9.17) is 0 Å². The van der Waals surface area contributed by atoms with E-state index in [2.05, 4.69) is 24.8 Å². The van der Waals surface area contributed by atoms with Crippen LogP contribution in [0.15, 0.2) is 0 Å². The predicted molar refractivity (Wildman–Crippen MR) is 61.4 cm³/mol. The lowest BCUT2D eigenvalue weighted by Gasteiger charge is -2.50. The van der Waals surface area contributed by atoms with Crippen LogP contribution in [0, 0.1) is 16.7 Å². The summed E-state index contributed by atoms with van der Waals surface area (Å²) in [5.74, 6) is 0. The molecule has 1 atom stereocenters. The van der Waals surface area contributed by atoms with E-state index in [9.17, 15) is 5.26 Å². The van der Waals surface area contributed by atoms with E-state index < -0.39 is 0 Å². The molecule has 1 saturated heterocycles. The van der Waals surface area contributed by atoms with E-state index in [1.165, 1.54) is 32.1 Å². The van der Waals surface area contributed by atoms with Gasteiger partial charge in [0.25, 0.3) is 0 Å². The van der Waals surface area contributed by atoms with Crippen LogP contribution in [-0.2, 0) is 0 Å². The van der Waals surface area contributed by atoms with E-state index in [1.807, 2.05) is 0 Å². The molecule has 1 unspecified atom stereocenters. The summed E-state index contributed by atoms with van der Waals surface area (Å²) in [6, 6.07) is 2.68. The second kappa shape index (κ2) is 3.79. The van der Waals surface area contributed by atoms with Crippen LogP contribution in [0.4, 0.5) is 0 Å². The highest BCUT2D eigenvalue weighted by Gasteiger charge is 2.51. The summed E-state index contributed by atoms with van der Waals surface area (Å²) >= 11 is 0. The molecule has 84 valence electrons. The van der Waals surface area contributed by atoms with Gasteiger partial charge in [-0.2, -0.15) is 5.26 Å². The Morgan fingerprint density at radius 2 is 1.60 bits per heavy atom. The standard InChI is InChI=1S/C13H22N2/c1-12(2)7-3-4-8-13(12,11-14)15-9-5-6-10-15/h3-10H2,1-2H3. The maximum atomic E-state index is 9.65. The van der Waals surface area contributed by atoms with Gasteiger partial charge in [-0.3, -0.25) is 4.90 Å². The minimum Gasteiger partial charge on any atom is -0.285 e. The van der Waals surface area contributed by atoms with Crippen molar-refractivity contribution in [1.29, 1.82) is 5.26 Å². The van der Waals surface area contributed by atoms with E-state index in [0.29, 0.717) is 0 Å². The van der Waals surface area contributed by atoms with Crippen LogP contribution in [0.1, 0.15) is 52.4 Å². The van der Waals surface area contributed by atoms with Crippen LogP contribution in [0.5, 0.6) is 0 Å². The van der Waals surface area contributed by atoms with E-state index in [0.717, 1.165) is 19.5 Å². The number of rotatable bonds is 1. The molecule has 1 aliphatic carbocycles. The molecular weight excluding hydrogens is 184 g/mol. The summed E-state index contributed by atoms with van der Waals surface area (Å²) in [6.07, 6.45) is 7.37. The van der Waals surface area contributed by atoms with Crippen molar-refractivity contribution in [2.75, 3.05) is 13.1 Å². The highest BCUT2D eigenvalue weighted by Crippen LogP contribution is 2.48. The van der Waals surface area contributed by atoms with Gasteiger partial charge in [0.1, 0.15) is 5.54 Å². The first-order valence-electron chi connectivity index (χ1n) is 6.29. The van der Waals surface area contributed by atoms with Crippen LogP contribution in [-0.4, -0.2) is 23.5 Å². The molecule has 0 spiro atoms. The second-order valence-corrected chi connectivity index (χ2v) is 5.76. The lowest BCUT2D eigenvalue weighted by Crippen LogP contribution is -2.57. The lowest BCUT2D eigenvalue weighted by atomic mass is 9.63. The Morgan fingerprint density at radius 1 is 1.00 bits per heavy atom. The Balaban J connectivity index is 2.29. The summed E-state index contributed by atoms with van der Waals surface area (Å²) in [5, 5.41) is 9.65. The molecular formula is C13H22N2. The number of nitrogens with zero attached hydrogens (tertiary/aromatic N) is 2. The summed E-state index contributed by atoms with van der Waals surface area (Å²) < 4.78 is 0. The van der Waals surface area contributed by atoms with Crippen molar-refractivity contribution in [3.63, 3.8) is 0 Å². The summed E-state index contributed by atoms with van der Waals surface area (Å²) in [5.41, 5.74) is 0.00604. The zero-order valence-electron chi connectivity index (χ0n) is 10.1. The molecule has 2 nitrogen and oxygen atoms in total. The van der Waals surface area contributed by atoms with Crippen molar-refractivity contribution in [3.8, 4) is 6.07 Å². The molecule has 2 aliphatic rings. The first-order valence-corrected chi connectivity index (χ1v) is 6.29. The quantitative estimate of drug-likeness (QED) is 0.659. The Hall–Kier alpha value is -0.550. The normalized spacial score (nSPS) is 36.3. The topological polar surface area (TPSA) is 27.0 Å². The Bertz CT molecular complexity index is 271. The van der Waals surface area contributed by atoms with Crippen LogP contribution in [0.25, 0.3) is 0 Å². The van der Waals surface area contributed by atoms with Crippen molar-refractivity contribution >= 4 is 0 Å². The molecule has 0 bridgehead atoms. The molecule has 1 heterocycles. The van der Waals surface area contributed by atoms with Crippen molar-refractivity contribution in [3.05, 3.63) is 0 Å². The molecule has 0 radical (unpaired) electrons. The Kier molecular flexibility index (Phi) is 2.77. The predicted octanol–water partition coefficient (Wildman–Crippen LogP) is 2.94. The smallest absolute Gasteiger partial charge is 0.114 e. The summed E-state index contributed by atoms with van der Waals surface area (Å²) in [6.45, 7) is 6.84. The maximum Gasteiger partial charge on any atom is 0.114 e. The Labute approximate surface area is 93.3 Å². The second-order valence-electron chi connectivity index (χ2n) is 5.76. The van der Waals surface area contributed by atoms with Crippen LogP contribution < -0.4 is 0 Å². The molecule has 2 rings (SSSR count). The van der Waals surface area contributed by atoms with Gasteiger partial charge in [-0.25, -0.2) is 0 Å². The number of hydrogen-bond acceptors (Lipinski definition) is 2. The fourth-order valence-electron chi connectivity index (χ4n) is 3.46. The molecule has 1 aliphatic heterocycles. The molecule has 0 aromatic carbocycles. The third kappa shape index (κ3) is 1.58. The van der Waals surface area contributed by atoms with Gasteiger partial charge in [-0.05, 0) is 44.2 Å². The molecule has 2 heteroatoms. The minimum absolute atomic E-state index is 0.165. The molecule has 1 saturated carbocycles. The van der Waals surface area contributed by atoms with Gasteiger partial charge in [0, 0.05) is 0 Å². The number of nitriles is 1. The SMILES string of the molecule is CC1(C)CCCCC1(C#N)N1CCCC1. The van der Waals surface area contributed by atoms with Crippen molar-refractivity contribution in [2.24, 2.45) is 5.41 Å². The molecule has 0 N–H and O–H groups in total. The molecule has 15 heavy (non-hydrogen) atoms. The van der Waals surface area contributed by atoms with Crippen LogP contribution in [0.2, 0.25) is 0 Å². The largest absolute Gasteiger partial charge is 0.285 e. The zero-order chi connectivity index (χ0) is 10.9. The molecule has 0 aromatic heterocycles. The van der Waals surface area contributed by atoms with Gasteiger partial charge in [0.15, 0.2) is 0 Å². The fourth-order valence-corrected chi connectivity index (χ4v) is 3.46. The average molecular weight is 206 g/mol. The first kappa shape index (κ1) is 11.0. The monoisotopic (exact) mass is 206 g/mol.